The van der Waals surface area contributed by atoms with Gasteiger partial charge in [0.15, 0.2) is 0 Å². The van der Waals surface area contributed by atoms with Crippen LogP contribution in [0.5, 0.6) is 0 Å². The third kappa shape index (κ3) is 3.09. The summed E-state index contributed by atoms with van der Waals surface area (Å²) >= 11 is 0. The molecule has 96 valence electrons. The molecule has 0 saturated heterocycles. The quantitative estimate of drug-likeness (QED) is 0.581. The number of hydrogen-bond acceptors (Lipinski definition) is 3. The lowest BCUT2D eigenvalue weighted by atomic mass is 10.2. The predicted octanol–water partition coefficient (Wildman–Crippen LogP) is 1.90. The molecule has 1 aromatic carbocycles. The first-order valence-corrected chi connectivity index (χ1v) is 5.72. The van der Waals surface area contributed by atoms with Crippen LogP contribution >= 0.6 is 0 Å². The highest BCUT2D eigenvalue weighted by molar-refractivity contribution is 5.87. The number of anilines is 1. The molecule has 0 bridgehead atoms. The number of nitrogens with one attached hydrogen (secondary N) is 2. The Labute approximate surface area is 105 Å². The van der Waals surface area contributed by atoms with E-state index in [1.54, 1.807) is 7.11 Å². The van der Waals surface area contributed by atoms with Crippen LogP contribution < -0.4 is 5.32 Å². The fourth-order valence-corrected chi connectivity index (χ4v) is 1.75. The van der Waals surface area contributed by atoms with E-state index in [0.717, 1.165) is 16.5 Å². The first-order chi connectivity index (χ1) is 8.83. The van der Waals surface area contributed by atoms with Gasteiger partial charge in [0, 0.05) is 18.0 Å². The minimum atomic E-state index is 0.556. The zero-order valence-corrected chi connectivity index (χ0v) is 10.2. The molecule has 5 heteroatoms. The van der Waals surface area contributed by atoms with Gasteiger partial charge < -0.3 is 19.8 Å². The Morgan fingerprint density at radius 3 is 3.00 bits per heavy atom. The maximum absolute atomic E-state index is 10.4. The van der Waals surface area contributed by atoms with Crippen LogP contribution in [0.2, 0.25) is 0 Å². The molecule has 0 atom stereocenters. The molecule has 0 aliphatic rings. The number of benzene rings is 1. The van der Waals surface area contributed by atoms with Crippen molar-refractivity contribution in [3.63, 3.8) is 0 Å². The van der Waals surface area contributed by atoms with Crippen molar-refractivity contribution in [3.05, 3.63) is 29.8 Å². The zero-order chi connectivity index (χ0) is 12.8. The highest BCUT2D eigenvalue weighted by Crippen LogP contribution is 2.20. The lowest BCUT2D eigenvalue weighted by molar-refractivity contribution is -0.105. The van der Waals surface area contributed by atoms with E-state index in [1.807, 2.05) is 24.3 Å². The Morgan fingerprint density at radius 2 is 2.22 bits per heavy atom. The van der Waals surface area contributed by atoms with Crippen LogP contribution in [0.1, 0.15) is 5.56 Å². The fraction of sp³-hybridized carbons (Fsp3) is 0.308. The molecule has 18 heavy (non-hydrogen) atoms. The van der Waals surface area contributed by atoms with Gasteiger partial charge in [-0.05, 0) is 23.8 Å². The van der Waals surface area contributed by atoms with Gasteiger partial charge in [-0.15, -0.1) is 0 Å². The first kappa shape index (κ1) is 12.6. The fourth-order valence-electron chi connectivity index (χ4n) is 1.75. The van der Waals surface area contributed by atoms with Crippen LogP contribution in [0, 0.1) is 0 Å². The van der Waals surface area contributed by atoms with Gasteiger partial charge in [-0.3, -0.25) is 4.79 Å². The number of fused-ring (bicyclic) bond motifs is 1. The van der Waals surface area contributed by atoms with Gasteiger partial charge in [-0.2, -0.15) is 0 Å². The number of aromatic nitrogens is 1. The number of aromatic amines is 1. The van der Waals surface area contributed by atoms with Gasteiger partial charge in [0.25, 0.3) is 0 Å². The van der Waals surface area contributed by atoms with Gasteiger partial charge in [0.1, 0.15) is 5.82 Å². The Hall–Kier alpha value is -1.85. The standard InChI is InChI=1S/C13H16N2O3/c1-17-4-5-18-8-10-2-3-12-11(6-10)7-13(15-12)14-9-16/h2-3,6-7,9,15H,4-5,8H2,1H3,(H,14,16). The average Bonchev–Trinajstić information content (AvgIpc) is 2.76. The molecule has 0 aliphatic carbocycles. The molecule has 2 aromatic rings. The molecule has 0 spiro atoms. The smallest absolute Gasteiger partial charge is 0.212 e. The summed E-state index contributed by atoms with van der Waals surface area (Å²) in [5.41, 5.74) is 2.08. The van der Waals surface area contributed by atoms with Crippen molar-refractivity contribution in [3.8, 4) is 0 Å². The summed E-state index contributed by atoms with van der Waals surface area (Å²) in [7, 11) is 1.65. The Bertz CT molecular complexity index is 522. The summed E-state index contributed by atoms with van der Waals surface area (Å²) < 4.78 is 10.4. The van der Waals surface area contributed by atoms with E-state index >= 15 is 0 Å². The molecule has 1 heterocycles. The second-order valence-corrected chi connectivity index (χ2v) is 3.91. The van der Waals surface area contributed by atoms with E-state index < -0.39 is 0 Å². The number of hydrogen-bond donors (Lipinski definition) is 2. The minimum Gasteiger partial charge on any atom is -0.382 e. The van der Waals surface area contributed by atoms with E-state index in [4.69, 9.17) is 9.47 Å². The van der Waals surface area contributed by atoms with E-state index in [2.05, 4.69) is 10.3 Å². The molecule has 5 nitrogen and oxygen atoms in total. The van der Waals surface area contributed by atoms with Gasteiger partial charge in [0.2, 0.25) is 6.41 Å². The van der Waals surface area contributed by atoms with E-state index in [9.17, 15) is 4.79 Å². The molecular formula is C13H16N2O3. The van der Waals surface area contributed by atoms with Crippen LogP contribution in [-0.2, 0) is 20.9 Å². The summed E-state index contributed by atoms with van der Waals surface area (Å²) in [5, 5.41) is 3.64. The molecule has 2 rings (SSSR count). The summed E-state index contributed by atoms with van der Waals surface area (Å²) in [6, 6.07) is 7.90. The molecule has 0 aliphatic heterocycles. The van der Waals surface area contributed by atoms with Crippen LogP contribution in [-0.4, -0.2) is 31.7 Å². The van der Waals surface area contributed by atoms with Crippen LogP contribution in [0.3, 0.4) is 0 Å². The normalized spacial score (nSPS) is 10.7. The molecule has 2 N–H and O–H groups in total. The Kier molecular flexibility index (Phi) is 4.33. The van der Waals surface area contributed by atoms with Crippen molar-refractivity contribution in [2.45, 2.75) is 6.61 Å². The van der Waals surface area contributed by atoms with Crippen LogP contribution in [0.25, 0.3) is 10.9 Å². The van der Waals surface area contributed by atoms with Gasteiger partial charge in [-0.25, -0.2) is 0 Å². The highest BCUT2D eigenvalue weighted by Gasteiger charge is 2.01. The number of rotatable bonds is 7. The third-order valence-corrected chi connectivity index (χ3v) is 2.60. The SMILES string of the molecule is COCCOCc1ccc2[nH]c(NC=O)cc2c1. The number of H-pyrrole nitrogens is 1. The summed E-state index contributed by atoms with van der Waals surface area (Å²) in [6.07, 6.45) is 0.652. The summed E-state index contributed by atoms with van der Waals surface area (Å²) in [6.45, 7) is 1.74. The van der Waals surface area contributed by atoms with Gasteiger partial charge in [-0.1, -0.05) is 6.07 Å². The Morgan fingerprint density at radius 1 is 1.33 bits per heavy atom. The number of ether oxygens (including phenoxy) is 2. The molecule has 0 radical (unpaired) electrons. The van der Waals surface area contributed by atoms with Crippen molar-refractivity contribution >= 4 is 23.1 Å². The number of amides is 1. The molecular weight excluding hydrogens is 232 g/mol. The van der Waals surface area contributed by atoms with E-state index in [1.165, 1.54) is 0 Å². The van der Waals surface area contributed by atoms with E-state index in [-0.39, 0.29) is 0 Å². The van der Waals surface area contributed by atoms with Crippen molar-refractivity contribution < 1.29 is 14.3 Å². The maximum atomic E-state index is 10.4. The Balaban J connectivity index is 2.04. The largest absolute Gasteiger partial charge is 0.382 e. The molecule has 0 saturated carbocycles. The number of carbonyl (C=O) groups is 1. The van der Waals surface area contributed by atoms with Gasteiger partial charge >= 0.3 is 0 Å². The number of carbonyl (C=O) groups excluding carboxylic acids is 1. The lowest BCUT2D eigenvalue weighted by Gasteiger charge is -2.03. The average molecular weight is 248 g/mol. The third-order valence-electron chi connectivity index (χ3n) is 2.60. The predicted molar refractivity (Wildman–Crippen MR) is 69.5 cm³/mol. The van der Waals surface area contributed by atoms with Crippen LogP contribution in [0.15, 0.2) is 24.3 Å². The lowest BCUT2D eigenvalue weighted by Crippen LogP contribution is -2.01. The van der Waals surface area contributed by atoms with Crippen molar-refractivity contribution in [2.75, 3.05) is 25.6 Å². The van der Waals surface area contributed by atoms with Crippen molar-refractivity contribution in [1.82, 2.24) is 4.98 Å². The second-order valence-electron chi connectivity index (χ2n) is 3.91. The molecule has 0 fully saturated rings. The zero-order valence-electron chi connectivity index (χ0n) is 10.2. The number of methoxy groups -OCH3 is 1. The van der Waals surface area contributed by atoms with E-state index in [0.29, 0.717) is 32.0 Å². The van der Waals surface area contributed by atoms with Crippen LogP contribution in [0.4, 0.5) is 5.82 Å². The topological polar surface area (TPSA) is 63.4 Å². The second kappa shape index (κ2) is 6.18. The molecule has 1 aromatic heterocycles. The monoisotopic (exact) mass is 248 g/mol. The minimum absolute atomic E-state index is 0.556. The first-order valence-electron chi connectivity index (χ1n) is 5.72. The maximum Gasteiger partial charge on any atom is 0.212 e. The molecule has 0 unspecified atom stereocenters. The highest BCUT2D eigenvalue weighted by atomic mass is 16.5. The van der Waals surface area contributed by atoms with Gasteiger partial charge in [0.05, 0.1) is 19.8 Å². The van der Waals surface area contributed by atoms with Crippen molar-refractivity contribution in [2.24, 2.45) is 0 Å². The molecule has 1 amide bonds. The summed E-state index contributed by atoms with van der Waals surface area (Å²) in [4.78, 5) is 13.5. The van der Waals surface area contributed by atoms with Crippen molar-refractivity contribution in [1.29, 1.82) is 0 Å². The summed E-state index contributed by atoms with van der Waals surface area (Å²) in [5.74, 6) is 0.692.